The molecule has 0 radical (unpaired) electrons. The maximum atomic E-state index is 12.8. The summed E-state index contributed by atoms with van der Waals surface area (Å²) in [4.78, 5) is 34.7. The highest BCUT2D eigenvalue weighted by atomic mass is 16.6. The van der Waals surface area contributed by atoms with Gasteiger partial charge < -0.3 is 20.3 Å². The van der Waals surface area contributed by atoms with Gasteiger partial charge in [0.15, 0.2) is 5.65 Å². The van der Waals surface area contributed by atoms with E-state index < -0.39 is 5.91 Å². The van der Waals surface area contributed by atoms with Crippen molar-refractivity contribution in [3.05, 3.63) is 76.9 Å². The van der Waals surface area contributed by atoms with Gasteiger partial charge in [-0.15, -0.1) is 0 Å². The van der Waals surface area contributed by atoms with Gasteiger partial charge in [0.1, 0.15) is 12.4 Å². The smallest absolute Gasteiger partial charge is 0.410 e. The molecular formula is C31H33N5O3. The number of carbonyl (C=O) groups excluding carboxylic acids is 2. The standard InChI is InChI=1S/C31H33N5O3/c32-27(37)26-22-9-6-10-23(22)29(36-25-12-5-4-11-24(25)33-28(26)36)34-16-13-31(14-17-34)15-18-35(20-31)30(38)39-19-21-7-2-1-3-8-21/h1-5,7-8,11-12H,6,9-10,13-20H2,(H2,32,37). The highest BCUT2D eigenvalue weighted by molar-refractivity contribution is 6.03. The lowest BCUT2D eigenvalue weighted by molar-refractivity contribution is 0.0972. The van der Waals surface area contributed by atoms with E-state index in [9.17, 15) is 9.59 Å². The summed E-state index contributed by atoms with van der Waals surface area (Å²) in [6, 6.07) is 17.9. The highest BCUT2D eigenvalue weighted by Crippen LogP contribution is 2.44. The number of hydrogen-bond acceptors (Lipinski definition) is 5. The third-order valence-corrected chi connectivity index (χ3v) is 9.06. The van der Waals surface area contributed by atoms with Gasteiger partial charge >= 0.3 is 6.09 Å². The molecule has 8 heteroatoms. The number of primary amides is 1. The lowest BCUT2D eigenvalue weighted by Crippen LogP contribution is -2.43. The second kappa shape index (κ2) is 9.29. The number of para-hydroxylation sites is 2. The zero-order chi connectivity index (χ0) is 26.6. The second-order valence-corrected chi connectivity index (χ2v) is 11.3. The van der Waals surface area contributed by atoms with Crippen LogP contribution in [0.2, 0.25) is 0 Å². The number of likely N-dealkylation sites (tertiary alicyclic amines) is 1. The third-order valence-electron chi connectivity index (χ3n) is 9.06. The van der Waals surface area contributed by atoms with Crippen LogP contribution in [0.25, 0.3) is 16.7 Å². The fourth-order valence-electron chi connectivity index (χ4n) is 7.04. The van der Waals surface area contributed by atoms with Gasteiger partial charge in [-0.1, -0.05) is 42.5 Å². The van der Waals surface area contributed by atoms with E-state index in [4.69, 9.17) is 15.5 Å². The first kappa shape index (κ1) is 24.0. The largest absolute Gasteiger partial charge is 0.445 e. The number of fused-ring (bicyclic) bond motifs is 4. The molecule has 3 aliphatic rings. The number of nitrogens with two attached hydrogens (primary N) is 1. The molecular weight excluding hydrogens is 490 g/mol. The van der Waals surface area contributed by atoms with E-state index in [1.54, 1.807) is 0 Å². The molecule has 39 heavy (non-hydrogen) atoms. The van der Waals surface area contributed by atoms with Crippen LogP contribution in [0, 0.1) is 5.41 Å². The number of ether oxygens (including phenoxy) is 1. The van der Waals surface area contributed by atoms with Gasteiger partial charge in [-0.2, -0.15) is 0 Å². The third kappa shape index (κ3) is 4.01. The van der Waals surface area contributed by atoms with Crippen molar-refractivity contribution < 1.29 is 14.3 Å². The van der Waals surface area contributed by atoms with Crippen LogP contribution in [-0.4, -0.2) is 52.5 Å². The number of aromatic nitrogens is 2. The summed E-state index contributed by atoms with van der Waals surface area (Å²) in [7, 11) is 0. The summed E-state index contributed by atoms with van der Waals surface area (Å²) < 4.78 is 7.81. The summed E-state index contributed by atoms with van der Waals surface area (Å²) in [5, 5.41) is 0. The molecule has 2 N–H and O–H groups in total. The molecule has 2 saturated heterocycles. The number of nitrogens with zero attached hydrogens (tertiary/aromatic N) is 4. The lowest BCUT2D eigenvalue weighted by atomic mass is 9.77. The van der Waals surface area contributed by atoms with E-state index in [1.807, 2.05) is 53.4 Å². The molecule has 1 aliphatic carbocycles. The number of pyridine rings is 1. The molecule has 0 saturated carbocycles. The molecule has 2 amide bonds. The predicted octanol–water partition coefficient (Wildman–Crippen LogP) is 4.70. The quantitative estimate of drug-likeness (QED) is 0.418. The average Bonchev–Trinajstić information content (AvgIpc) is 3.69. The first-order chi connectivity index (χ1) is 19.0. The minimum absolute atomic E-state index is 0.120. The van der Waals surface area contributed by atoms with Crippen molar-refractivity contribution in [2.45, 2.75) is 45.1 Å². The van der Waals surface area contributed by atoms with Crippen LogP contribution >= 0.6 is 0 Å². The van der Waals surface area contributed by atoms with Crippen molar-refractivity contribution in [2.24, 2.45) is 11.1 Å². The molecule has 0 unspecified atom stereocenters. The van der Waals surface area contributed by atoms with Gasteiger partial charge in [0.2, 0.25) is 0 Å². The zero-order valence-electron chi connectivity index (χ0n) is 22.1. The SMILES string of the molecule is NC(=O)c1c2c(c(N3CCC4(CCN(C(=O)OCc5ccccc5)C4)CC3)n3c1nc1ccccc13)CCC2. The van der Waals surface area contributed by atoms with Gasteiger partial charge in [0, 0.05) is 26.2 Å². The van der Waals surface area contributed by atoms with Crippen LogP contribution in [-0.2, 0) is 24.2 Å². The number of hydrogen-bond donors (Lipinski definition) is 1. The monoisotopic (exact) mass is 523 g/mol. The van der Waals surface area contributed by atoms with E-state index in [1.165, 1.54) is 11.4 Å². The Labute approximate surface area is 227 Å². The number of rotatable bonds is 4. The maximum absolute atomic E-state index is 12.8. The molecule has 7 rings (SSSR count). The van der Waals surface area contributed by atoms with Gasteiger partial charge in [-0.25, -0.2) is 9.78 Å². The number of anilines is 1. The van der Waals surface area contributed by atoms with Crippen LogP contribution in [0.4, 0.5) is 10.6 Å². The minimum atomic E-state index is -0.400. The summed E-state index contributed by atoms with van der Waals surface area (Å²) >= 11 is 0. The lowest BCUT2D eigenvalue weighted by Gasteiger charge is -2.41. The fraction of sp³-hybridized carbons (Fsp3) is 0.387. The first-order valence-electron chi connectivity index (χ1n) is 14.0. The Hall–Kier alpha value is -4.07. The molecule has 4 aromatic rings. The van der Waals surface area contributed by atoms with E-state index in [2.05, 4.69) is 15.4 Å². The molecule has 2 aromatic carbocycles. The molecule has 2 aliphatic heterocycles. The van der Waals surface area contributed by atoms with Gasteiger partial charge in [0.25, 0.3) is 5.91 Å². The number of piperidine rings is 1. The Morgan fingerprint density at radius 3 is 2.44 bits per heavy atom. The Kier molecular flexibility index (Phi) is 5.72. The van der Waals surface area contributed by atoms with Crippen molar-refractivity contribution in [1.29, 1.82) is 0 Å². The molecule has 8 nitrogen and oxygen atoms in total. The van der Waals surface area contributed by atoms with Gasteiger partial charge in [-0.3, -0.25) is 9.20 Å². The van der Waals surface area contributed by atoms with Crippen molar-refractivity contribution in [1.82, 2.24) is 14.3 Å². The molecule has 0 atom stereocenters. The van der Waals surface area contributed by atoms with Crippen LogP contribution in [0.5, 0.6) is 0 Å². The van der Waals surface area contributed by atoms with Gasteiger partial charge in [0.05, 0.1) is 16.6 Å². The summed E-state index contributed by atoms with van der Waals surface area (Å²) in [5.41, 5.74) is 12.5. The molecule has 2 aromatic heterocycles. The average molecular weight is 524 g/mol. The number of imidazole rings is 1. The minimum Gasteiger partial charge on any atom is -0.445 e. The number of amides is 2. The summed E-state index contributed by atoms with van der Waals surface area (Å²) in [6.07, 6.45) is 5.62. The fourth-order valence-corrected chi connectivity index (χ4v) is 7.04. The first-order valence-corrected chi connectivity index (χ1v) is 14.0. The Morgan fingerprint density at radius 2 is 1.64 bits per heavy atom. The molecule has 2 fully saturated rings. The second-order valence-electron chi connectivity index (χ2n) is 11.3. The van der Waals surface area contributed by atoms with E-state index >= 15 is 0 Å². The van der Waals surface area contributed by atoms with Crippen LogP contribution in [0.1, 0.15) is 52.7 Å². The zero-order valence-corrected chi connectivity index (χ0v) is 22.1. The van der Waals surface area contributed by atoms with Crippen molar-refractivity contribution in [2.75, 3.05) is 31.1 Å². The molecule has 1 spiro atoms. The Bertz CT molecular complexity index is 1590. The predicted molar refractivity (Wildman–Crippen MR) is 150 cm³/mol. The van der Waals surface area contributed by atoms with Gasteiger partial charge in [-0.05, 0) is 72.8 Å². The van der Waals surface area contributed by atoms with Crippen LogP contribution < -0.4 is 10.6 Å². The van der Waals surface area contributed by atoms with E-state index in [-0.39, 0.29) is 11.5 Å². The number of benzene rings is 2. The Morgan fingerprint density at radius 1 is 0.923 bits per heavy atom. The number of carbonyl (C=O) groups is 2. The molecule has 200 valence electrons. The van der Waals surface area contributed by atoms with Crippen molar-refractivity contribution in [3.63, 3.8) is 0 Å². The molecule has 4 heterocycles. The Balaban J connectivity index is 1.14. The van der Waals surface area contributed by atoms with E-state index in [0.29, 0.717) is 17.8 Å². The normalized spacial score (nSPS) is 18.3. The van der Waals surface area contributed by atoms with Crippen LogP contribution in [0.3, 0.4) is 0 Å². The topological polar surface area (TPSA) is 93.2 Å². The van der Waals surface area contributed by atoms with E-state index in [0.717, 1.165) is 86.9 Å². The van der Waals surface area contributed by atoms with Crippen molar-refractivity contribution >= 4 is 34.5 Å². The molecule has 0 bridgehead atoms. The maximum Gasteiger partial charge on any atom is 0.410 e. The van der Waals surface area contributed by atoms with Crippen LogP contribution in [0.15, 0.2) is 54.6 Å². The summed E-state index contributed by atoms with van der Waals surface area (Å²) in [5.74, 6) is 0.769. The highest BCUT2D eigenvalue weighted by Gasteiger charge is 2.43. The summed E-state index contributed by atoms with van der Waals surface area (Å²) in [6.45, 7) is 3.59. The van der Waals surface area contributed by atoms with Crippen molar-refractivity contribution in [3.8, 4) is 0 Å².